The highest BCUT2D eigenvalue weighted by Gasteiger charge is 2.58. The van der Waals surface area contributed by atoms with Crippen molar-refractivity contribution in [2.45, 2.75) is 49.5 Å². The van der Waals surface area contributed by atoms with E-state index in [4.69, 9.17) is 11.6 Å². The second-order valence-electron chi connectivity index (χ2n) is 8.51. The van der Waals surface area contributed by atoms with Crippen LogP contribution in [-0.2, 0) is 28.1 Å². The first-order valence-corrected chi connectivity index (χ1v) is 10.9. The van der Waals surface area contributed by atoms with Gasteiger partial charge in [0.15, 0.2) is 6.10 Å². The van der Waals surface area contributed by atoms with Crippen molar-refractivity contribution in [2.24, 2.45) is 0 Å². The van der Waals surface area contributed by atoms with Gasteiger partial charge in [-0.15, -0.1) is 13.2 Å². The van der Waals surface area contributed by atoms with Gasteiger partial charge in [0.2, 0.25) is 0 Å². The molecule has 1 aliphatic carbocycles. The molecular formula is C21H12ClF10N3O4. The normalized spacial score (nSPS) is 22.8. The van der Waals surface area contributed by atoms with Gasteiger partial charge in [0.25, 0.3) is 17.7 Å². The first-order valence-electron chi connectivity index (χ1n) is 10.5. The molecule has 2 aliphatic rings. The van der Waals surface area contributed by atoms with E-state index in [1.807, 2.05) is 0 Å². The van der Waals surface area contributed by atoms with Crippen LogP contribution in [0.1, 0.15) is 23.2 Å². The van der Waals surface area contributed by atoms with Crippen LogP contribution in [0, 0.1) is 11.6 Å². The summed E-state index contributed by atoms with van der Waals surface area (Å²) in [6.45, 7) is 0. The van der Waals surface area contributed by atoms with Gasteiger partial charge in [-0.2, -0.15) is 22.0 Å². The number of benzene rings is 1. The first kappa shape index (κ1) is 28.8. The topological polar surface area (TPSA) is 94.0 Å². The van der Waals surface area contributed by atoms with Crippen molar-refractivity contribution in [3.63, 3.8) is 0 Å². The fourth-order valence-corrected chi connectivity index (χ4v) is 4.51. The van der Waals surface area contributed by atoms with Crippen molar-refractivity contribution in [1.29, 1.82) is 0 Å². The zero-order valence-corrected chi connectivity index (χ0v) is 19.3. The van der Waals surface area contributed by atoms with Crippen molar-refractivity contribution < 1.29 is 63.7 Å². The van der Waals surface area contributed by atoms with Gasteiger partial charge in [-0.1, -0.05) is 11.6 Å². The summed E-state index contributed by atoms with van der Waals surface area (Å²) in [5.74, 6) is -13.3. The quantitative estimate of drug-likeness (QED) is 0.317. The van der Waals surface area contributed by atoms with E-state index in [-0.39, 0.29) is 23.1 Å². The molecule has 2 aromatic rings. The number of rotatable bonds is 3. The lowest BCUT2D eigenvalue weighted by molar-refractivity contribution is -0.152. The summed E-state index contributed by atoms with van der Waals surface area (Å²) in [4.78, 5) is 27.4. The molecule has 4 rings (SSSR count). The maximum atomic E-state index is 14.4. The SMILES string of the molecule is O=C1[C@@H](O)[C@@H](O)[C@@H](C(=O)N(c2cc(Cl)c(F)cc2F)C(F)(F)F)N1c1cc(C(F)(F)F)c2c(n1)C(F)(F)CC2. The molecule has 1 aromatic heterocycles. The average Bonchev–Trinajstić information content (AvgIpc) is 3.22. The molecular weight excluding hydrogens is 584 g/mol. The number of amides is 2. The molecule has 2 heterocycles. The predicted molar refractivity (Wildman–Crippen MR) is 110 cm³/mol. The van der Waals surface area contributed by atoms with Crippen LogP contribution in [0.4, 0.5) is 55.4 Å². The first-order chi connectivity index (χ1) is 17.8. The van der Waals surface area contributed by atoms with Gasteiger partial charge in [-0.25, -0.2) is 18.7 Å². The monoisotopic (exact) mass is 595 g/mol. The molecule has 3 atom stereocenters. The lowest BCUT2D eigenvalue weighted by Crippen LogP contribution is -2.56. The summed E-state index contributed by atoms with van der Waals surface area (Å²) in [5, 5.41) is 19.2. The molecule has 1 aromatic carbocycles. The Morgan fingerprint density at radius 3 is 2.26 bits per heavy atom. The largest absolute Gasteiger partial charge is 0.491 e. The second kappa shape index (κ2) is 9.19. The lowest BCUT2D eigenvalue weighted by atomic mass is 10.1. The van der Waals surface area contributed by atoms with E-state index < -0.39 is 111 Å². The number of aliphatic hydroxyl groups excluding tert-OH is 2. The molecule has 0 radical (unpaired) electrons. The molecule has 212 valence electrons. The number of alkyl halides is 8. The minimum atomic E-state index is -5.89. The van der Waals surface area contributed by atoms with Crippen LogP contribution in [0.25, 0.3) is 0 Å². The summed E-state index contributed by atoms with van der Waals surface area (Å²) in [6.07, 6.45) is -18.7. The lowest BCUT2D eigenvalue weighted by Gasteiger charge is -2.32. The van der Waals surface area contributed by atoms with Gasteiger partial charge in [0.1, 0.15) is 35.3 Å². The highest BCUT2D eigenvalue weighted by atomic mass is 35.5. The van der Waals surface area contributed by atoms with Gasteiger partial charge in [0, 0.05) is 12.5 Å². The Kier molecular flexibility index (Phi) is 6.79. The van der Waals surface area contributed by atoms with E-state index in [0.717, 1.165) is 0 Å². The van der Waals surface area contributed by atoms with Crippen LogP contribution in [0.2, 0.25) is 5.02 Å². The average molecular weight is 596 g/mol. The Morgan fingerprint density at radius 2 is 1.69 bits per heavy atom. The molecule has 2 N–H and O–H groups in total. The maximum absolute atomic E-state index is 14.4. The molecule has 18 heteroatoms. The second-order valence-corrected chi connectivity index (χ2v) is 8.91. The highest BCUT2D eigenvalue weighted by Crippen LogP contribution is 2.47. The number of fused-ring (bicyclic) bond motifs is 1. The molecule has 0 bridgehead atoms. The fourth-order valence-electron chi connectivity index (χ4n) is 4.35. The number of carbonyl (C=O) groups is 2. The predicted octanol–water partition coefficient (Wildman–Crippen LogP) is 4.06. The minimum Gasteiger partial charge on any atom is -0.387 e. The summed E-state index contributed by atoms with van der Waals surface area (Å²) in [6, 6.07) is -3.07. The molecule has 39 heavy (non-hydrogen) atoms. The van der Waals surface area contributed by atoms with Crippen molar-refractivity contribution in [2.75, 3.05) is 9.80 Å². The van der Waals surface area contributed by atoms with E-state index in [0.29, 0.717) is 0 Å². The van der Waals surface area contributed by atoms with Crippen LogP contribution < -0.4 is 9.80 Å². The minimum absolute atomic E-state index is 0.00352. The fraction of sp³-hybridized carbons (Fsp3) is 0.381. The summed E-state index contributed by atoms with van der Waals surface area (Å²) >= 11 is 5.40. The molecule has 0 saturated carbocycles. The maximum Gasteiger partial charge on any atom is 0.491 e. The Bertz CT molecular complexity index is 1370. The van der Waals surface area contributed by atoms with Crippen LogP contribution in [0.15, 0.2) is 18.2 Å². The molecule has 0 unspecified atom stereocenters. The third-order valence-electron chi connectivity index (χ3n) is 6.07. The Balaban J connectivity index is 1.92. The van der Waals surface area contributed by atoms with Crippen molar-refractivity contribution in [3.05, 3.63) is 51.7 Å². The molecule has 7 nitrogen and oxygen atoms in total. The third-order valence-corrected chi connectivity index (χ3v) is 6.36. The molecule has 2 amide bonds. The number of pyridine rings is 1. The molecule has 1 fully saturated rings. The van der Waals surface area contributed by atoms with E-state index in [9.17, 15) is 63.7 Å². The van der Waals surface area contributed by atoms with Gasteiger partial charge < -0.3 is 10.2 Å². The van der Waals surface area contributed by atoms with E-state index in [1.54, 1.807) is 0 Å². The summed E-state index contributed by atoms with van der Waals surface area (Å²) in [7, 11) is 0. The number of aliphatic hydroxyl groups is 2. The highest BCUT2D eigenvalue weighted by molar-refractivity contribution is 6.31. The van der Waals surface area contributed by atoms with Gasteiger partial charge >= 0.3 is 12.5 Å². The number of anilines is 2. The zero-order chi connectivity index (χ0) is 29.4. The van der Waals surface area contributed by atoms with E-state index in [1.165, 1.54) is 0 Å². The number of aromatic nitrogens is 1. The standard InChI is InChI=1S/C21H12ClF10N3O4/c22-8-4-11(10(24)5-9(8)23)35(21(30,31)32)17(38)13-14(36)15(37)18(39)34(13)12-3-7(20(27,28)29)6-1-2-19(25,26)16(6)33-12/h3-5,13-15,36-37H,1-2H2/t13-,14-,15-/m0/s1. The van der Waals surface area contributed by atoms with Crippen LogP contribution in [-0.4, -0.2) is 51.6 Å². The summed E-state index contributed by atoms with van der Waals surface area (Å²) < 4.78 is 140. The zero-order valence-electron chi connectivity index (χ0n) is 18.6. The van der Waals surface area contributed by atoms with Gasteiger partial charge in [0.05, 0.1) is 16.3 Å². The third kappa shape index (κ3) is 4.75. The van der Waals surface area contributed by atoms with Crippen LogP contribution in [0.3, 0.4) is 0 Å². The smallest absolute Gasteiger partial charge is 0.387 e. The van der Waals surface area contributed by atoms with Crippen LogP contribution >= 0.6 is 11.6 Å². The number of hydrogen-bond acceptors (Lipinski definition) is 5. The molecule has 1 aliphatic heterocycles. The summed E-state index contributed by atoms with van der Waals surface area (Å²) in [5.41, 5.74) is -5.94. The number of carbonyl (C=O) groups excluding carboxylic acids is 2. The number of halogens is 11. The van der Waals surface area contributed by atoms with E-state index >= 15 is 0 Å². The Labute approximate surface area is 215 Å². The number of nitrogens with zero attached hydrogens (tertiary/aromatic N) is 3. The Morgan fingerprint density at radius 1 is 1.08 bits per heavy atom. The van der Waals surface area contributed by atoms with E-state index in [2.05, 4.69) is 4.98 Å². The molecule has 1 saturated heterocycles. The van der Waals surface area contributed by atoms with Crippen LogP contribution in [0.5, 0.6) is 0 Å². The van der Waals surface area contributed by atoms with Crippen molar-refractivity contribution in [1.82, 2.24) is 4.98 Å². The van der Waals surface area contributed by atoms with Gasteiger partial charge in [-0.3, -0.25) is 14.5 Å². The van der Waals surface area contributed by atoms with Crippen molar-refractivity contribution >= 4 is 34.9 Å². The Hall–Kier alpha value is -3.18. The molecule has 0 spiro atoms. The van der Waals surface area contributed by atoms with Gasteiger partial charge in [-0.05, 0) is 24.1 Å². The van der Waals surface area contributed by atoms with Crippen molar-refractivity contribution in [3.8, 4) is 0 Å². The number of hydrogen-bond donors (Lipinski definition) is 2.